The van der Waals surface area contributed by atoms with E-state index < -0.39 is 0 Å². The van der Waals surface area contributed by atoms with Crippen LogP contribution in [0.4, 0.5) is 5.69 Å². The first-order valence-electron chi connectivity index (χ1n) is 4.14. The van der Waals surface area contributed by atoms with Crippen LogP contribution in [0.3, 0.4) is 0 Å². The number of nitrogens with one attached hydrogen (secondary N) is 1. The van der Waals surface area contributed by atoms with Crippen molar-refractivity contribution in [1.82, 2.24) is 0 Å². The Bertz CT molecular complexity index is 426. The zero-order valence-electron chi connectivity index (χ0n) is 7.92. The quantitative estimate of drug-likeness (QED) is 0.684. The number of anilines is 1. The number of carbonyl (C=O) groups is 1. The molecule has 1 rings (SSSR count). The summed E-state index contributed by atoms with van der Waals surface area (Å²) in [4.78, 5) is 10.2. The molecule has 0 radical (unpaired) electrons. The molecule has 78 valence electrons. The number of hydrogen-bond donors (Lipinski definition) is 1. The molecule has 0 amide bonds. The fourth-order valence-corrected chi connectivity index (χ4v) is 2.15. The molecule has 1 N–H and O–H groups in total. The fraction of sp³-hybridized carbons (Fsp3) is 0.200. The zero-order chi connectivity index (χ0) is 11.4. The lowest BCUT2D eigenvalue weighted by Gasteiger charge is -2.10. The van der Waals surface area contributed by atoms with Gasteiger partial charge in [0.25, 0.3) is 0 Å². The Labute approximate surface area is 105 Å². The molecule has 15 heavy (non-hydrogen) atoms. The summed E-state index contributed by atoms with van der Waals surface area (Å²) in [6, 6.07) is 5.57. The Morgan fingerprint density at radius 3 is 2.73 bits per heavy atom. The van der Waals surface area contributed by atoms with Gasteiger partial charge in [-0.15, -0.1) is 0 Å². The van der Waals surface area contributed by atoms with Gasteiger partial charge < -0.3 is 10.1 Å². The van der Waals surface area contributed by atoms with Crippen LogP contribution in [-0.4, -0.2) is 13.3 Å². The smallest absolute Gasteiger partial charge is 0.138 e. The van der Waals surface area contributed by atoms with E-state index in [0.29, 0.717) is 5.56 Å². The summed E-state index contributed by atoms with van der Waals surface area (Å²) in [5, 5.41) is 11.9. The Balaban J connectivity index is 3.33. The number of alkyl halides is 1. The maximum absolute atomic E-state index is 10.6. The van der Waals surface area contributed by atoms with E-state index in [2.05, 4.69) is 43.2 Å². The summed E-state index contributed by atoms with van der Waals surface area (Å²) in [6.45, 7) is 0. The number of halogens is 2. The molecule has 0 aliphatic heterocycles. The van der Waals surface area contributed by atoms with E-state index in [1.807, 2.05) is 0 Å². The van der Waals surface area contributed by atoms with Crippen molar-refractivity contribution in [2.45, 2.75) is 4.83 Å². The third kappa shape index (κ3) is 2.58. The summed E-state index contributed by atoms with van der Waals surface area (Å²) < 4.78 is 0.769. The van der Waals surface area contributed by atoms with E-state index in [-0.39, 0.29) is 4.83 Å². The molecule has 1 unspecified atom stereocenters. The summed E-state index contributed by atoms with van der Waals surface area (Å²) >= 11 is 6.56. The summed E-state index contributed by atoms with van der Waals surface area (Å²) in [6.07, 6.45) is 0.780. The second kappa shape index (κ2) is 5.29. The first kappa shape index (κ1) is 12.2. The Hall–Kier alpha value is -0.860. The zero-order valence-corrected chi connectivity index (χ0v) is 11.1. The summed E-state index contributed by atoms with van der Waals surface area (Å²) in [5.74, 6) is 0. The maximum Gasteiger partial charge on any atom is 0.138 e. The monoisotopic (exact) mass is 330 g/mol. The number of nitrogens with zero attached hydrogens (tertiary/aromatic N) is 1. The minimum Gasteiger partial charge on any atom is -0.386 e. The second-order valence-corrected chi connectivity index (χ2v) is 4.67. The van der Waals surface area contributed by atoms with E-state index >= 15 is 0 Å². The largest absolute Gasteiger partial charge is 0.386 e. The van der Waals surface area contributed by atoms with Gasteiger partial charge in [0.1, 0.15) is 12.4 Å². The van der Waals surface area contributed by atoms with Crippen molar-refractivity contribution in [3.05, 3.63) is 27.7 Å². The van der Waals surface area contributed by atoms with Crippen molar-refractivity contribution in [3.63, 3.8) is 0 Å². The number of hydrogen-bond acceptors (Lipinski definition) is 3. The van der Waals surface area contributed by atoms with E-state index in [9.17, 15) is 4.79 Å². The number of rotatable bonds is 3. The Kier molecular flexibility index (Phi) is 4.30. The van der Waals surface area contributed by atoms with Crippen molar-refractivity contribution in [1.29, 1.82) is 5.26 Å². The molecule has 0 heterocycles. The van der Waals surface area contributed by atoms with E-state index in [1.54, 1.807) is 19.2 Å². The van der Waals surface area contributed by atoms with Gasteiger partial charge in [0, 0.05) is 11.5 Å². The Morgan fingerprint density at radius 1 is 1.60 bits per heavy atom. The number of nitriles is 1. The minimum absolute atomic E-state index is 0.383. The van der Waals surface area contributed by atoms with Crippen LogP contribution in [0.15, 0.2) is 16.6 Å². The van der Waals surface area contributed by atoms with Gasteiger partial charge in [0.15, 0.2) is 0 Å². The molecule has 3 nitrogen and oxygen atoms in total. The average molecular weight is 332 g/mol. The van der Waals surface area contributed by atoms with Crippen LogP contribution in [-0.2, 0) is 4.79 Å². The first-order chi connectivity index (χ1) is 7.13. The number of benzene rings is 1. The van der Waals surface area contributed by atoms with Crippen LogP contribution in [0.1, 0.15) is 16.0 Å². The lowest BCUT2D eigenvalue weighted by atomic mass is 10.1. The lowest BCUT2D eigenvalue weighted by Crippen LogP contribution is -1.98. The molecule has 0 aliphatic rings. The van der Waals surface area contributed by atoms with E-state index in [0.717, 1.165) is 22.0 Å². The van der Waals surface area contributed by atoms with E-state index in [1.165, 1.54) is 0 Å². The van der Waals surface area contributed by atoms with Crippen LogP contribution in [0.5, 0.6) is 0 Å². The molecular formula is C10H8Br2N2O. The summed E-state index contributed by atoms with van der Waals surface area (Å²) in [7, 11) is 1.74. The van der Waals surface area contributed by atoms with Crippen LogP contribution in [0.2, 0.25) is 0 Å². The fourth-order valence-electron chi connectivity index (χ4n) is 1.21. The molecule has 0 bridgehead atoms. The highest BCUT2D eigenvalue weighted by Crippen LogP contribution is 2.31. The molecule has 1 aromatic carbocycles. The molecule has 0 saturated carbocycles. The van der Waals surface area contributed by atoms with Gasteiger partial charge in [-0.2, -0.15) is 5.26 Å². The van der Waals surface area contributed by atoms with Crippen molar-refractivity contribution in [2.24, 2.45) is 0 Å². The van der Waals surface area contributed by atoms with Gasteiger partial charge in [0.05, 0.1) is 16.1 Å². The van der Waals surface area contributed by atoms with Crippen molar-refractivity contribution < 1.29 is 4.79 Å². The van der Waals surface area contributed by atoms with Crippen molar-refractivity contribution >= 4 is 43.8 Å². The minimum atomic E-state index is -0.383. The molecule has 0 fully saturated rings. The van der Waals surface area contributed by atoms with Crippen molar-refractivity contribution in [3.8, 4) is 6.07 Å². The lowest BCUT2D eigenvalue weighted by molar-refractivity contribution is -0.107. The molecule has 5 heteroatoms. The predicted molar refractivity (Wildman–Crippen MR) is 66.1 cm³/mol. The molecule has 0 aromatic heterocycles. The van der Waals surface area contributed by atoms with Gasteiger partial charge in [-0.1, -0.05) is 15.9 Å². The van der Waals surface area contributed by atoms with Gasteiger partial charge in [-0.3, -0.25) is 0 Å². The number of aldehydes is 1. The topological polar surface area (TPSA) is 52.9 Å². The molecule has 1 aromatic rings. The van der Waals surface area contributed by atoms with Crippen LogP contribution >= 0.6 is 31.9 Å². The van der Waals surface area contributed by atoms with Gasteiger partial charge in [-0.05, 0) is 33.6 Å². The SMILES string of the molecule is CNc1c(Br)cc(C(Br)C=O)cc1C#N. The van der Waals surface area contributed by atoms with Gasteiger partial charge in [0.2, 0.25) is 0 Å². The van der Waals surface area contributed by atoms with E-state index in [4.69, 9.17) is 5.26 Å². The second-order valence-electron chi connectivity index (χ2n) is 2.82. The molecule has 0 saturated heterocycles. The molecular weight excluding hydrogens is 324 g/mol. The average Bonchev–Trinajstić information content (AvgIpc) is 2.26. The van der Waals surface area contributed by atoms with Gasteiger partial charge in [-0.25, -0.2) is 0 Å². The third-order valence-corrected chi connectivity index (χ3v) is 3.29. The third-order valence-electron chi connectivity index (χ3n) is 1.92. The predicted octanol–water partition coefficient (Wildman–Crippen LogP) is 3.00. The standard InChI is InChI=1S/C10H8Br2N2O/c1-14-10-7(4-13)2-6(3-8(10)11)9(12)5-15/h2-3,5,9,14H,1H3. The normalized spacial score (nSPS) is 11.6. The van der Waals surface area contributed by atoms with Crippen LogP contribution in [0, 0.1) is 11.3 Å². The highest BCUT2D eigenvalue weighted by atomic mass is 79.9. The molecule has 0 aliphatic carbocycles. The summed E-state index contributed by atoms with van der Waals surface area (Å²) in [5.41, 5.74) is 1.99. The Morgan fingerprint density at radius 2 is 2.27 bits per heavy atom. The molecule has 1 atom stereocenters. The highest BCUT2D eigenvalue weighted by Gasteiger charge is 2.12. The van der Waals surface area contributed by atoms with Crippen LogP contribution < -0.4 is 5.32 Å². The van der Waals surface area contributed by atoms with Crippen molar-refractivity contribution in [2.75, 3.05) is 12.4 Å². The highest BCUT2D eigenvalue weighted by molar-refractivity contribution is 9.10. The van der Waals surface area contributed by atoms with Gasteiger partial charge >= 0.3 is 0 Å². The van der Waals surface area contributed by atoms with Crippen LogP contribution in [0.25, 0.3) is 0 Å². The molecule has 0 spiro atoms. The first-order valence-corrected chi connectivity index (χ1v) is 5.85. The number of carbonyl (C=O) groups excluding carboxylic acids is 1. The maximum atomic E-state index is 10.6.